The lowest BCUT2D eigenvalue weighted by Crippen LogP contribution is -2.05. The predicted molar refractivity (Wildman–Crippen MR) is 67.0 cm³/mol. The first-order chi connectivity index (χ1) is 9.47. The Morgan fingerprint density at radius 2 is 1.80 bits per heavy atom. The van der Waals surface area contributed by atoms with Crippen molar-refractivity contribution in [1.29, 1.82) is 0 Å². The number of carboxylic acids is 1. The van der Waals surface area contributed by atoms with Gasteiger partial charge in [0.05, 0.1) is 11.3 Å². The van der Waals surface area contributed by atoms with Crippen LogP contribution in [0.4, 0.5) is 18.9 Å². The van der Waals surface area contributed by atoms with Crippen LogP contribution >= 0.6 is 0 Å². The van der Waals surface area contributed by atoms with Gasteiger partial charge < -0.3 is 10.4 Å². The number of rotatable bonds is 4. The number of hydrogen-bond acceptors (Lipinski definition) is 2. The molecule has 0 saturated heterocycles. The summed E-state index contributed by atoms with van der Waals surface area (Å²) in [5, 5.41) is 11.4. The average Bonchev–Trinajstić information content (AvgIpc) is 2.39. The fraction of sp³-hybridized carbons (Fsp3) is 0.0714. The SMILES string of the molecule is O=C(O)c1ccc(F)c(NCc2ccc(F)cc2F)c1. The number of nitrogens with one attached hydrogen (secondary N) is 1. The van der Waals surface area contributed by atoms with E-state index in [9.17, 15) is 18.0 Å². The third-order valence-corrected chi connectivity index (χ3v) is 2.70. The van der Waals surface area contributed by atoms with Crippen LogP contribution in [0.25, 0.3) is 0 Å². The molecule has 2 aromatic carbocycles. The number of anilines is 1. The van der Waals surface area contributed by atoms with Crippen LogP contribution in [-0.2, 0) is 6.54 Å². The summed E-state index contributed by atoms with van der Waals surface area (Å²) in [4.78, 5) is 10.8. The fourth-order valence-electron chi connectivity index (χ4n) is 1.65. The van der Waals surface area contributed by atoms with Gasteiger partial charge >= 0.3 is 5.97 Å². The summed E-state index contributed by atoms with van der Waals surface area (Å²) in [5.41, 5.74) is -0.00590. The smallest absolute Gasteiger partial charge is 0.335 e. The second-order valence-electron chi connectivity index (χ2n) is 4.09. The molecule has 0 aliphatic carbocycles. The molecule has 3 nitrogen and oxygen atoms in total. The zero-order valence-electron chi connectivity index (χ0n) is 10.2. The highest BCUT2D eigenvalue weighted by Crippen LogP contribution is 2.18. The van der Waals surface area contributed by atoms with E-state index in [1.807, 2.05) is 0 Å². The quantitative estimate of drug-likeness (QED) is 0.902. The maximum absolute atomic E-state index is 13.5. The van der Waals surface area contributed by atoms with Gasteiger partial charge in [0, 0.05) is 18.2 Å². The standard InChI is InChI=1S/C14H10F3NO2/c15-10-3-1-9(12(17)6-10)7-18-13-5-8(14(19)20)2-4-11(13)16/h1-6,18H,7H2,(H,19,20). The van der Waals surface area contributed by atoms with Crippen LogP contribution in [0.15, 0.2) is 36.4 Å². The first-order valence-corrected chi connectivity index (χ1v) is 5.68. The number of benzene rings is 2. The summed E-state index contributed by atoms with van der Waals surface area (Å²) in [6.45, 7) is -0.0912. The first kappa shape index (κ1) is 13.9. The molecule has 20 heavy (non-hydrogen) atoms. The van der Waals surface area contributed by atoms with E-state index < -0.39 is 23.4 Å². The van der Waals surface area contributed by atoms with Crippen LogP contribution in [0.5, 0.6) is 0 Å². The van der Waals surface area contributed by atoms with E-state index in [0.29, 0.717) is 0 Å². The van der Waals surface area contributed by atoms with Gasteiger partial charge in [0.1, 0.15) is 17.5 Å². The molecule has 0 radical (unpaired) electrons. The van der Waals surface area contributed by atoms with Crippen molar-refractivity contribution in [2.75, 3.05) is 5.32 Å². The number of carbonyl (C=O) groups is 1. The molecule has 0 unspecified atom stereocenters. The number of carboxylic acid groups (broad SMARTS) is 1. The lowest BCUT2D eigenvalue weighted by Gasteiger charge is -2.09. The molecule has 2 aromatic rings. The van der Waals surface area contributed by atoms with E-state index in [0.717, 1.165) is 30.3 Å². The van der Waals surface area contributed by atoms with E-state index >= 15 is 0 Å². The monoisotopic (exact) mass is 281 g/mol. The first-order valence-electron chi connectivity index (χ1n) is 5.68. The van der Waals surface area contributed by atoms with Gasteiger partial charge in [-0.1, -0.05) is 6.07 Å². The summed E-state index contributed by atoms with van der Waals surface area (Å²) in [6.07, 6.45) is 0. The van der Waals surface area contributed by atoms with Crippen molar-refractivity contribution in [3.8, 4) is 0 Å². The zero-order valence-corrected chi connectivity index (χ0v) is 10.2. The minimum absolute atomic E-state index is 0.0615. The summed E-state index contributed by atoms with van der Waals surface area (Å²) in [5.74, 6) is -3.31. The molecule has 0 saturated carbocycles. The lowest BCUT2D eigenvalue weighted by atomic mass is 10.1. The molecular weight excluding hydrogens is 271 g/mol. The number of hydrogen-bond donors (Lipinski definition) is 2. The predicted octanol–water partition coefficient (Wildman–Crippen LogP) is 3.41. The second kappa shape index (κ2) is 5.64. The Balaban J connectivity index is 2.18. The molecule has 2 N–H and O–H groups in total. The Kier molecular flexibility index (Phi) is 3.93. The molecule has 0 aliphatic heterocycles. The van der Waals surface area contributed by atoms with Crippen molar-refractivity contribution in [2.24, 2.45) is 0 Å². The van der Waals surface area contributed by atoms with Crippen molar-refractivity contribution < 1.29 is 23.1 Å². The van der Waals surface area contributed by atoms with E-state index in [4.69, 9.17) is 5.11 Å². The van der Waals surface area contributed by atoms with Crippen LogP contribution in [-0.4, -0.2) is 11.1 Å². The second-order valence-corrected chi connectivity index (χ2v) is 4.09. The normalized spacial score (nSPS) is 10.3. The molecule has 0 atom stereocenters. The summed E-state index contributed by atoms with van der Waals surface area (Å²) in [6, 6.07) is 6.29. The minimum atomic E-state index is -1.19. The highest BCUT2D eigenvalue weighted by atomic mass is 19.1. The molecule has 0 amide bonds. The largest absolute Gasteiger partial charge is 0.478 e. The summed E-state index contributed by atoms with van der Waals surface area (Å²) < 4.78 is 39.6. The van der Waals surface area contributed by atoms with Gasteiger partial charge in [0.25, 0.3) is 0 Å². The van der Waals surface area contributed by atoms with Gasteiger partial charge in [-0.15, -0.1) is 0 Å². The lowest BCUT2D eigenvalue weighted by molar-refractivity contribution is 0.0697. The van der Waals surface area contributed by atoms with Crippen LogP contribution < -0.4 is 5.32 Å². The van der Waals surface area contributed by atoms with Gasteiger partial charge in [-0.25, -0.2) is 18.0 Å². The molecule has 2 rings (SSSR count). The fourth-order valence-corrected chi connectivity index (χ4v) is 1.65. The third kappa shape index (κ3) is 3.09. The maximum atomic E-state index is 13.5. The molecule has 0 spiro atoms. The Morgan fingerprint density at radius 1 is 1.05 bits per heavy atom. The number of aromatic carboxylic acids is 1. The summed E-state index contributed by atoms with van der Waals surface area (Å²) >= 11 is 0. The van der Waals surface area contributed by atoms with Crippen LogP contribution in [0, 0.1) is 17.5 Å². The Bertz CT molecular complexity index is 659. The Morgan fingerprint density at radius 3 is 2.45 bits per heavy atom. The zero-order chi connectivity index (χ0) is 14.7. The Hall–Kier alpha value is -2.50. The Labute approximate surface area is 112 Å². The highest BCUT2D eigenvalue weighted by molar-refractivity contribution is 5.88. The van der Waals surface area contributed by atoms with Crippen molar-refractivity contribution in [2.45, 2.75) is 6.54 Å². The van der Waals surface area contributed by atoms with Crippen molar-refractivity contribution >= 4 is 11.7 Å². The minimum Gasteiger partial charge on any atom is -0.478 e. The van der Waals surface area contributed by atoms with Gasteiger partial charge in [-0.05, 0) is 24.3 Å². The molecule has 0 fully saturated rings. The van der Waals surface area contributed by atoms with Gasteiger partial charge in [-0.2, -0.15) is 0 Å². The molecule has 0 aromatic heterocycles. The van der Waals surface area contributed by atoms with E-state index in [2.05, 4.69) is 5.32 Å². The molecular formula is C14H10F3NO2. The maximum Gasteiger partial charge on any atom is 0.335 e. The van der Waals surface area contributed by atoms with Crippen molar-refractivity contribution in [3.05, 3.63) is 65.0 Å². The van der Waals surface area contributed by atoms with Crippen LogP contribution in [0.1, 0.15) is 15.9 Å². The van der Waals surface area contributed by atoms with Gasteiger partial charge in [0.15, 0.2) is 0 Å². The topological polar surface area (TPSA) is 49.3 Å². The van der Waals surface area contributed by atoms with Crippen molar-refractivity contribution in [1.82, 2.24) is 0 Å². The third-order valence-electron chi connectivity index (χ3n) is 2.70. The average molecular weight is 281 g/mol. The molecule has 104 valence electrons. The van der Waals surface area contributed by atoms with Crippen LogP contribution in [0.3, 0.4) is 0 Å². The molecule has 0 heterocycles. The summed E-state index contributed by atoms with van der Waals surface area (Å²) in [7, 11) is 0. The van der Waals surface area contributed by atoms with E-state index in [1.54, 1.807) is 0 Å². The molecule has 0 bridgehead atoms. The van der Waals surface area contributed by atoms with Crippen LogP contribution in [0.2, 0.25) is 0 Å². The van der Waals surface area contributed by atoms with E-state index in [1.165, 1.54) is 6.07 Å². The molecule has 0 aliphatic rings. The molecule has 6 heteroatoms. The highest BCUT2D eigenvalue weighted by Gasteiger charge is 2.09. The van der Waals surface area contributed by atoms with Gasteiger partial charge in [-0.3, -0.25) is 0 Å². The number of halogens is 3. The van der Waals surface area contributed by atoms with Gasteiger partial charge in [0.2, 0.25) is 0 Å². The van der Waals surface area contributed by atoms with Crippen molar-refractivity contribution in [3.63, 3.8) is 0 Å². The van der Waals surface area contributed by atoms with E-state index in [-0.39, 0.29) is 23.4 Å².